The van der Waals surface area contributed by atoms with Crippen molar-refractivity contribution in [3.8, 4) is 5.75 Å². The van der Waals surface area contributed by atoms with E-state index in [0.29, 0.717) is 22.7 Å². The number of Topliss-reactive ketones (excluding diaryl/α,β-unsaturated/α-hetero) is 1. The number of rotatable bonds is 8. The van der Waals surface area contributed by atoms with E-state index in [1.165, 1.54) is 6.92 Å². The lowest BCUT2D eigenvalue weighted by Gasteiger charge is -2.23. The molecule has 0 aromatic heterocycles. The number of hydrogen-bond acceptors (Lipinski definition) is 5. The Labute approximate surface area is 164 Å². The van der Waals surface area contributed by atoms with Gasteiger partial charge in [0.25, 0.3) is 0 Å². The number of carbonyl (C=O) groups excluding carboxylic acids is 3. The normalized spacial score (nSPS) is 11.6. The number of nitrogens with one attached hydrogen (secondary N) is 2. The molecule has 148 valence electrons. The average Bonchev–Trinajstić information content (AvgIpc) is 2.67. The molecule has 2 rings (SSSR count). The predicted octanol–water partition coefficient (Wildman–Crippen LogP) is 2.80. The molecule has 1 atom stereocenters. The largest absolute Gasteiger partial charge is 0.497 e. The van der Waals surface area contributed by atoms with Gasteiger partial charge in [-0.15, -0.1) is 0 Å². The van der Waals surface area contributed by atoms with Crippen molar-refractivity contribution in [2.45, 2.75) is 19.9 Å². The fourth-order valence-corrected chi connectivity index (χ4v) is 2.50. The molecule has 28 heavy (non-hydrogen) atoms. The molecule has 0 aliphatic heterocycles. The smallest absolute Gasteiger partial charge is 0.241 e. The van der Waals surface area contributed by atoms with Crippen molar-refractivity contribution in [1.29, 1.82) is 0 Å². The third-order valence-corrected chi connectivity index (χ3v) is 4.35. The number of ketones is 1. The maximum atomic E-state index is 12.4. The summed E-state index contributed by atoms with van der Waals surface area (Å²) >= 11 is 0. The van der Waals surface area contributed by atoms with Crippen LogP contribution in [0.15, 0.2) is 48.5 Å². The lowest BCUT2D eigenvalue weighted by atomic mass is 10.1. The summed E-state index contributed by atoms with van der Waals surface area (Å²) in [5.41, 5.74) is 1.80. The summed E-state index contributed by atoms with van der Waals surface area (Å²) < 4.78 is 5.13. The van der Waals surface area contributed by atoms with Gasteiger partial charge in [-0.1, -0.05) is 6.07 Å². The second-order valence-corrected chi connectivity index (χ2v) is 6.49. The highest BCUT2D eigenvalue weighted by molar-refractivity contribution is 5.97. The summed E-state index contributed by atoms with van der Waals surface area (Å²) in [4.78, 5) is 37.6. The minimum absolute atomic E-state index is 0.0342. The first kappa shape index (κ1) is 21.1. The lowest BCUT2D eigenvalue weighted by molar-refractivity contribution is -0.122. The number of benzene rings is 2. The molecule has 0 heterocycles. The second-order valence-electron chi connectivity index (χ2n) is 6.49. The molecule has 2 aromatic rings. The highest BCUT2D eigenvalue weighted by atomic mass is 16.5. The van der Waals surface area contributed by atoms with E-state index < -0.39 is 6.04 Å². The molecule has 2 amide bonds. The van der Waals surface area contributed by atoms with E-state index in [-0.39, 0.29) is 24.1 Å². The number of methoxy groups -OCH3 is 1. The molecule has 0 saturated carbocycles. The summed E-state index contributed by atoms with van der Waals surface area (Å²) in [6, 6.07) is 13.2. The minimum Gasteiger partial charge on any atom is -0.497 e. The number of carbonyl (C=O) groups is 3. The Kier molecular flexibility index (Phi) is 7.28. The molecule has 2 aromatic carbocycles. The standard InChI is InChI=1S/C21H25N3O4/c1-14(21(27)23-17-10-8-16(9-11-17)15(2)25)24(3)13-20(26)22-18-6-5-7-19(12-18)28-4/h5-12,14H,13H2,1-4H3,(H,22,26)(H,23,27)/t14-/m1/s1. The maximum absolute atomic E-state index is 12.4. The molecule has 0 fully saturated rings. The van der Waals surface area contributed by atoms with E-state index in [9.17, 15) is 14.4 Å². The topological polar surface area (TPSA) is 87.7 Å². The van der Waals surface area contributed by atoms with Crippen molar-refractivity contribution in [3.63, 3.8) is 0 Å². The van der Waals surface area contributed by atoms with Crippen LogP contribution in [-0.2, 0) is 9.59 Å². The average molecular weight is 383 g/mol. The molecule has 0 aliphatic rings. The van der Waals surface area contributed by atoms with Crippen LogP contribution in [-0.4, -0.2) is 49.2 Å². The number of ether oxygens (including phenoxy) is 1. The third kappa shape index (κ3) is 5.92. The van der Waals surface area contributed by atoms with Gasteiger partial charge in [0.05, 0.1) is 19.7 Å². The zero-order valence-electron chi connectivity index (χ0n) is 16.5. The van der Waals surface area contributed by atoms with Crippen LogP contribution in [0.4, 0.5) is 11.4 Å². The first-order valence-electron chi connectivity index (χ1n) is 8.86. The monoisotopic (exact) mass is 383 g/mol. The molecule has 0 unspecified atom stereocenters. The van der Waals surface area contributed by atoms with Gasteiger partial charge in [-0.3, -0.25) is 19.3 Å². The van der Waals surface area contributed by atoms with Gasteiger partial charge in [0.15, 0.2) is 5.78 Å². The van der Waals surface area contributed by atoms with E-state index >= 15 is 0 Å². The zero-order chi connectivity index (χ0) is 20.7. The summed E-state index contributed by atoms with van der Waals surface area (Å²) in [6.45, 7) is 3.26. The predicted molar refractivity (Wildman–Crippen MR) is 109 cm³/mol. The van der Waals surface area contributed by atoms with Crippen molar-refractivity contribution < 1.29 is 19.1 Å². The number of hydrogen-bond donors (Lipinski definition) is 2. The summed E-state index contributed by atoms with van der Waals surface area (Å²) in [6.07, 6.45) is 0. The number of nitrogens with zero attached hydrogens (tertiary/aromatic N) is 1. The van der Waals surface area contributed by atoms with Gasteiger partial charge in [0.1, 0.15) is 5.75 Å². The van der Waals surface area contributed by atoms with Gasteiger partial charge >= 0.3 is 0 Å². The lowest BCUT2D eigenvalue weighted by Crippen LogP contribution is -2.43. The molecule has 7 heteroatoms. The highest BCUT2D eigenvalue weighted by Crippen LogP contribution is 2.16. The Morgan fingerprint density at radius 2 is 1.71 bits per heavy atom. The van der Waals surface area contributed by atoms with Crippen molar-refractivity contribution >= 4 is 29.0 Å². The van der Waals surface area contributed by atoms with Crippen LogP contribution in [0.3, 0.4) is 0 Å². The van der Waals surface area contributed by atoms with Gasteiger partial charge in [-0.05, 0) is 57.3 Å². The summed E-state index contributed by atoms with van der Waals surface area (Å²) in [5.74, 6) is 0.135. The zero-order valence-corrected chi connectivity index (χ0v) is 16.5. The molecule has 0 radical (unpaired) electrons. The van der Waals surface area contributed by atoms with Crippen molar-refractivity contribution in [2.75, 3.05) is 31.3 Å². The van der Waals surface area contributed by atoms with Crippen LogP contribution >= 0.6 is 0 Å². The van der Waals surface area contributed by atoms with Gasteiger partial charge < -0.3 is 15.4 Å². The Morgan fingerprint density at radius 3 is 2.32 bits per heavy atom. The Hall–Kier alpha value is -3.19. The Bertz CT molecular complexity index is 849. The van der Waals surface area contributed by atoms with E-state index in [1.807, 2.05) is 0 Å². The van der Waals surface area contributed by atoms with Crippen LogP contribution < -0.4 is 15.4 Å². The van der Waals surface area contributed by atoms with Crippen LogP contribution in [0.5, 0.6) is 5.75 Å². The van der Waals surface area contributed by atoms with E-state index in [2.05, 4.69) is 10.6 Å². The van der Waals surface area contributed by atoms with Crippen LogP contribution in [0.2, 0.25) is 0 Å². The van der Waals surface area contributed by atoms with Crippen molar-refractivity contribution in [3.05, 3.63) is 54.1 Å². The van der Waals surface area contributed by atoms with Crippen LogP contribution in [0.25, 0.3) is 0 Å². The van der Waals surface area contributed by atoms with Gasteiger partial charge in [0.2, 0.25) is 11.8 Å². The Morgan fingerprint density at radius 1 is 1.04 bits per heavy atom. The van der Waals surface area contributed by atoms with E-state index in [0.717, 1.165) is 0 Å². The maximum Gasteiger partial charge on any atom is 0.241 e. The van der Waals surface area contributed by atoms with Gasteiger partial charge in [0, 0.05) is 23.0 Å². The van der Waals surface area contributed by atoms with Crippen molar-refractivity contribution in [1.82, 2.24) is 4.90 Å². The number of anilines is 2. The quantitative estimate of drug-likeness (QED) is 0.685. The fourth-order valence-electron chi connectivity index (χ4n) is 2.50. The third-order valence-electron chi connectivity index (χ3n) is 4.35. The van der Waals surface area contributed by atoms with Crippen LogP contribution in [0, 0.1) is 0 Å². The molecular weight excluding hydrogens is 358 g/mol. The van der Waals surface area contributed by atoms with Gasteiger partial charge in [-0.25, -0.2) is 0 Å². The molecule has 0 saturated heterocycles. The van der Waals surface area contributed by atoms with E-state index in [4.69, 9.17) is 4.74 Å². The highest BCUT2D eigenvalue weighted by Gasteiger charge is 2.20. The van der Waals surface area contributed by atoms with E-state index in [1.54, 1.807) is 74.5 Å². The first-order valence-corrected chi connectivity index (χ1v) is 8.86. The van der Waals surface area contributed by atoms with Crippen molar-refractivity contribution in [2.24, 2.45) is 0 Å². The summed E-state index contributed by atoms with van der Waals surface area (Å²) in [7, 11) is 3.26. The van der Waals surface area contributed by atoms with Gasteiger partial charge in [-0.2, -0.15) is 0 Å². The minimum atomic E-state index is -0.524. The molecule has 2 N–H and O–H groups in total. The second kappa shape index (κ2) is 9.66. The molecule has 0 aliphatic carbocycles. The number of likely N-dealkylation sites (N-methyl/N-ethyl adjacent to an activating group) is 1. The SMILES string of the molecule is COc1cccc(NC(=O)CN(C)[C@H](C)C(=O)Nc2ccc(C(C)=O)cc2)c1. The first-order chi connectivity index (χ1) is 13.3. The van der Waals surface area contributed by atoms with Crippen LogP contribution in [0.1, 0.15) is 24.2 Å². The fraction of sp³-hybridized carbons (Fsp3) is 0.286. The molecule has 0 spiro atoms. The summed E-state index contributed by atoms with van der Waals surface area (Å²) in [5, 5.41) is 5.57. The molecular formula is C21H25N3O4. The Balaban J connectivity index is 1.89. The molecule has 7 nitrogen and oxygen atoms in total. The molecule has 0 bridgehead atoms. The number of amides is 2.